The van der Waals surface area contributed by atoms with Crippen LogP contribution in [-0.2, 0) is 6.42 Å². The third-order valence-corrected chi connectivity index (χ3v) is 5.44. The fourth-order valence-corrected chi connectivity index (χ4v) is 4.15. The van der Waals surface area contributed by atoms with Gasteiger partial charge in [0.15, 0.2) is 0 Å². The van der Waals surface area contributed by atoms with Gasteiger partial charge in [0.1, 0.15) is 11.5 Å². The molecule has 3 aromatic rings. The van der Waals surface area contributed by atoms with E-state index in [0.29, 0.717) is 0 Å². The van der Waals surface area contributed by atoms with E-state index >= 15 is 0 Å². The zero-order valence-electron chi connectivity index (χ0n) is 13.0. The van der Waals surface area contributed by atoms with Gasteiger partial charge < -0.3 is 5.32 Å². The first-order valence-corrected chi connectivity index (χ1v) is 9.15. The molecule has 5 heteroatoms. The highest BCUT2D eigenvalue weighted by Gasteiger charge is 2.22. The minimum Gasteiger partial charge on any atom is -0.370 e. The lowest BCUT2D eigenvalue weighted by atomic mass is 10.1. The van der Waals surface area contributed by atoms with Crippen LogP contribution in [0.4, 0.5) is 5.82 Å². The second-order valence-corrected chi connectivity index (χ2v) is 7.29. The number of halogens is 1. The molecule has 0 aliphatic carbocycles. The molecule has 3 nitrogen and oxygen atoms in total. The van der Waals surface area contributed by atoms with Crippen LogP contribution in [0.3, 0.4) is 0 Å². The molecule has 4 rings (SSSR count). The van der Waals surface area contributed by atoms with Crippen molar-refractivity contribution >= 4 is 28.8 Å². The van der Waals surface area contributed by atoms with E-state index in [1.807, 2.05) is 22.9 Å². The van der Waals surface area contributed by atoms with Gasteiger partial charge in [-0.3, -0.25) is 0 Å². The van der Waals surface area contributed by atoms with Crippen molar-refractivity contribution in [3.05, 3.63) is 51.9 Å². The molecule has 2 aromatic heterocycles. The molecule has 0 amide bonds. The van der Waals surface area contributed by atoms with Crippen LogP contribution in [0.25, 0.3) is 16.3 Å². The molecule has 0 bridgehead atoms. The Morgan fingerprint density at radius 1 is 1.26 bits per heavy atom. The molecule has 1 aromatic carbocycles. The Bertz CT molecular complexity index is 850. The molecule has 0 spiro atoms. The smallest absolute Gasteiger partial charge is 0.133 e. The van der Waals surface area contributed by atoms with Crippen LogP contribution in [0, 0.1) is 6.92 Å². The first-order chi connectivity index (χ1) is 11.2. The third-order valence-electron chi connectivity index (χ3n) is 4.15. The van der Waals surface area contributed by atoms with E-state index in [1.165, 1.54) is 28.8 Å². The maximum Gasteiger partial charge on any atom is 0.133 e. The Morgan fingerprint density at radius 3 is 2.96 bits per heavy atom. The molecule has 1 N–H and O–H groups in total. The lowest BCUT2D eigenvalue weighted by molar-refractivity contribution is 0.780. The summed E-state index contributed by atoms with van der Waals surface area (Å²) in [6, 6.07) is 10.1. The molecular weight excluding hydrogens is 326 g/mol. The Morgan fingerprint density at radius 2 is 2.17 bits per heavy atom. The number of rotatable bonds is 2. The Kier molecular flexibility index (Phi) is 3.87. The number of aryl methyl sites for hydroxylation is 1. The minimum absolute atomic E-state index is 0.730. The van der Waals surface area contributed by atoms with Gasteiger partial charge in [-0.25, -0.2) is 4.68 Å². The van der Waals surface area contributed by atoms with Crippen LogP contribution in [-0.4, -0.2) is 16.3 Å². The van der Waals surface area contributed by atoms with Gasteiger partial charge in [0.2, 0.25) is 0 Å². The lowest BCUT2D eigenvalue weighted by Gasteiger charge is -2.09. The maximum absolute atomic E-state index is 6.18. The molecular formula is C18H18ClN3S. The number of hydrogen-bond acceptors (Lipinski definition) is 3. The second kappa shape index (κ2) is 6.02. The van der Waals surface area contributed by atoms with Crippen LogP contribution in [0.5, 0.6) is 0 Å². The highest BCUT2D eigenvalue weighted by molar-refractivity contribution is 7.13. The van der Waals surface area contributed by atoms with Crippen molar-refractivity contribution in [1.82, 2.24) is 9.78 Å². The van der Waals surface area contributed by atoms with Crippen molar-refractivity contribution in [3.8, 4) is 16.3 Å². The van der Waals surface area contributed by atoms with Gasteiger partial charge in [-0.05, 0) is 61.4 Å². The van der Waals surface area contributed by atoms with Crippen LogP contribution < -0.4 is 5.32 Å². The number of nitrogens with zero attached hydrogens (tertiary/aromatic N) is 2. The number of aromatic nitrogens is 2. The Balaban J connectivity index is 1.91. The van der Waals surface area contributed by atoms with E-state index in [9.17, 15) is 0 Å². The molecule has 0 radical (unpaired) electrons. The van der Waals surface area contributed by atoms with Gasteiger partial charge in [0.05, 0.1) is 10.6 Å². The van der Waals surface area contributed by atoms with Crippen LogP contribution >= 0.6 is 22.9 Å². The molecule has 3 heterocycles. The van der Waals surface area contributed by atoms with Crippen molar-refractivity contribution < 1.29 is 0 Å². The Labute approximate surface area is 144 Å². The van der Waals surface area contributed by atoms with Crippen molar-refractivity contribution in [2.45, 2.75) is 26.2 Å². The highest BCUT2D eigenvalue weighted by Crippen LogP contribution is 2.36. The SMILES string of the molecule is Cc1csc(-c2nn(-c3cccc(Cl)c3)c3c2CCCCN3)c1. The first kappa shape index (κ1) is 14.8. The normalized spacial score (nSPS) is 14.2. The van der Waals surface area contributed by atoms with Gasteiger partial charge >= 0.3 is 0 Å². The predicted octanol–water partition coefficient (Wildman–Crippen LogP) is 5.31. The number of hydrogen-bond donors (Lipinski definition) is 1. The monoisotopic (exact) mass is 343 g/mol. The zero-order valence-corrected chi connectivity index (χ0v) is 14.5. The number of thiophene rings is 1. The molecule has 0 saturated carbocycles. The van der Waals surface area contributed by atoms with Gasteiger partial charge in [-0.2, -0.15) is 5.10 Å². The summed E-state index contributed by atoms with van der Waals surface area (Å²) in [7, 11) is 0. The topological polar surface area (TPSA) is 29.9 Å². The van der Waals surface area contributed by atoms with E-state index < -0.39 is 0 Å². The van der Waals surface area contributed by atoms with Crippen molar-refractivity contribution in [3.63, 3.8) is 0 Å². The number of fused-ring (bicyclic) bond motifs is 1. The molecule has 0 fully saturated rings. The highest BCUT2D eigenvalue weighted by atomic mass is 35.5. The molecule has 1 aliphatic rings. The van der Waals surface area contributed by atoms with Gasteiger partial charge in [0, 0.05) is 17.1 Å². The molecule has 23 heavy (non-hydrogen) atoms. The van der Waals surface area contributed by atoms with Crippen molar-refractivity contribution in [2.24, 2.45) is 0 Å². The zero-order chi connectivity index (χ0) is 15.8. The molecule has 118 valence electrons. The second-order valence-electron chi connectivity index (χ2n) is 5.94. The van der Waals surface area contributed by atoms with Gasteiger partial charge in [-0.1, -0.05) is 17.7 Å². The molecule has 0 unspecified atom stereocenters. The lowest BCUT2D eigenvalue weighted by Crippen LogP contribution is -2.07. The maximum atomic E-state index is 6.18. The number of anilines is 1. The van der Waals surface area contributed by atoms with E-state index in [1.54, 1.807) is 11.3 Å². The standard InChI is InChI=1S/C18H18ClN3S/c1-12-9-16(23-11-12)17-15-7-2-3-8-20-18(15)22(21-17)14-6-4-5-13(19)10-14/h4-6,9-11,20H,2-3,7-8H2,1H3. The predicted molar refractivity (Wildman–Crippen MR) is 98.1 cm³/mol. The summed E-state index contributed by atoms with van der Waals surface area (Å²) in [5.41, 5.74) is 4.72. The van der Waals surface area contributed by atoms with E-state index in [-0.39, 0.29) is 0 Å². The van der Waals surface area contributed by atoms with Crippen molar-refractivity contribution in [1.29, 1.82) is 0 Å². The van der Waals surface area contributed by atoms with E-state index in [4.69, 9.17) is 16.7 Å². The van der Waals surface area contributed by atoms with E-state index in [0.717, 1.165) is 35.2 Å². The van der Waals surface area contributed by atoms with Crippen LogP contribution in [0.15, 0.2) is 35.7 Å². The van der Waals surface area contributed by atoms with Crippen LogP contribution in [0.1, 0.15) is 24.0 Å². The summed E-state index contributed by atoms with van der Waals surface area (Å²) < 4.78 is 2.01. The first-order valence-electron chi connectivity index (χ1n) is 7.89. The average Bonchev–Trinajstić information content (AvgIpc) is 3.03. The number of benzene rings is 1. The molecule has 0 atom stereocenters. The summed E-state index contributed by atoms with van der Waals surface area (Å²) in [6.07, 6.45) is 3.45. The largest absolute Gasteiger partial charge is 0.370 e. The van der Waals surface area contributed by atoms with E-state index in [2.05, 4.69) is 29.8 Å². The third kappa shape index (κ3) is 2.77. The fourth-order valence-electron chi connectivity index (χ4n) is 3.05. The summed E-state index contributed by atoms with van der Waals surface area (Å²) in [5.74, 6) is 1.12. The molecule has 0 saturated heterocycles. The summed E-state index contributed by atoms with van der Waals surface area (Å²) in [6.45, 7) is 3.12. The average molecular weight is 344 g/mol. The van der Waals surface area contributed by atoms with Crippen molar-refractivity contribution in [2.75, 3.05) is 11.9 Å². The summed E-state index contributed by atoms with van der Waals surface area (Å²) in [4.78, 5) is 1.24. The quantitative estimate of drug-likeness (QED) is 0.683. The Hall–Kier alpha value is -1.78. The summed E-state index contributed by atoms with van der Waals surface area (Å²) >= 11 is 7.94. The number of nitrogens with one attached hydrogen (secondary N) is 1. The fraction of sp³-hybridized carbons (Fsp3) is 0.278. The van der Waals surface area contributed by atoms with Crippen LogP contribution in [0.2, 0.25) is 5.02 Å². The summed E-state index contributed by atoms with van der Waals surface area (Å²) in [5, 5.41) is 11.4. The van der Waals surface area contributed by atoms with Gasteiger partial charge in [0.25, 0.3) is 0 Å². The van der Waals surface area contributed by atoms with Gasteiger partial charge in [-0.15, -0.1) is 11.3 Å². The minimum atomic E-state index is 0.730. The molecule has 1 aliphatic heterocycles.